The first-order chi connectivity index (χ1) is 17.4. The fourth-order valence-corrected chi connectivity index (χ4v) is 5.54. The molecule has 0 aromatic rings. The van der Waals surface area contributed by atoms with Crippen molar-refractivity contribution in [3.63, 3.8) is 0 Å². The van der Waals surface area contributed by atoms with Crippen molar-refractivity contribution in [3.05, 3.63) is 0 Å². The molecule has 0 aliphatic heterocycles. The normalized spacial score (nSPS) is 12.6. The molecule has 1 unspecified atom stereocenters. The Bertz CT molecular complexity index is 576. The first-order valence-electron chi connectivity index (χ1n) is 15.6. The number of esters is 1. The van der Waals surface area contributed by atoms with Crippen LogP contribution in [0.2, 0.25) is 0 Å². The second kappa shape index (κ2) is 26.0. The predicted molar refractivity (Wildman–Crippen MR) is 153 cm³/mol. The molecule has 0 spiro atoms. The highest BCUT2D eigenvalue weighted by Gasteiger charge is 2.31. The van der Waals surface area contributed by atoms with Gasteiger partial charge >= 0.3 is 5.97 Å². The summed E-state index contributed by atoms with van der Waals surface area (Å²) in [6.07, 6.45) is 29.0. The topological polar surface area (TPSA) is 80.7 Å². The van der Waals surface area contributed by atoms with Crippen LogP contribution in [0.4, 0.5) is 0 Å². The molecular formula is C30H60O5S. The van der Waals surface area contributed by atoms with E-state index in [2.05, 4.69) is 13.8 Å². The van der Waals surface area contributed by atoms with Crippen LogP contribution in [-0.4, -0.2) is 30.8 Å². The molecule has 0 aliphatic rings. The lowest BCUT2D eigenvalue weighted by molar-refractivity contribution is -0.143. The summed E-state index contributed by atoms with van der Waals surface area (Å²) in [6, 6.07) is 0. The number of hydrogen-bond donors (Lipinski definition) is 1. The Morgan fingerprint density at radius 2 is 0.861 bits per heavy atom. The summed E-state index contributed by atoms with van der Waals surface area (Å²) in [5, 5.41) is -1.43. The Hall–Kier alpha value is -0.620. The predicted octanol–water partition coefficient (Wildman–Crippen LogP) is 9.58. The molecule has 1 atom stereocenters. The van der Waals surface area contributed by atoms with Crippen molar-refractivity contribution in [2.45, 2.75) is 180 Å². The summed E-state index contributed by atoms with van der Waals surface area (Å²) < 4.78 is 38.1. The average molecular weight is 533 g/mol. The van der Waals surface area contributed by atoms with E-state index in [-0.39, 0.29) is 13.0 Å². The van der Waals surface area contributed by atoms with Gasteiger partial charge in [0, 0.05) is 0 Å². The molecule has 6 heteroatoms. The van der Waals surface area contributed by atoms with Crippen molar-refractivity contribution >= 4 is 16.1 Å². The number of carbonyl (C=O) groups is 1. The van der Waals surface area contributed by atoms with E-state index in [1.807, 2.05) is 0 Å². The third-order valence-electron chi connectivity index (χ3n) is 7.18. The molecule has 0 aromatic carbocycles. The lowest BCUT2D eigenvalue weighted by atomic mass is 10.0. The zero-order chi connectivity index (χ0) is 26.7. The molecule has 216 valence electrons. The molecule has 0 heterocycles. The Kier molecular flexibility index (Phi) is 25.6. The monoisotopic (exact) mass is 532 g/mol. The van der Waals surface area contributed by atoms with E-state index in [1.165, 1.54) is 109 Å². The summed E-state index contributed by atoms with van der Waals surface area (Å²) >= 11 is 0. The molecule has 0 saturated carbocycles. The maximum atomic E-state index is 12.3. The SMILES string of the molecule is CCCCCCCCCCCCCCOC(=O)C(CCCCCCCCCCCCCC)S(=O)(=O)O. The van der Waals surface area contributed by atoms with Gasteiger partial charge in [-0.15, -0.1) is 0 Å². The van der Waals surface area contributed by atoms with Gasteiger partial charge in [-0.1, -0.05) is 162 Å². The average Bonchev–Trinajstić information content (AvgIpc) is 2.84. The zero-order valence-electron chi connectivity index (χ0n) is 24.0. The molecule has 0 bridgehead atoms. The minimum Gasteiger partial charge on any atom is -0.465 e. The van der Waals surface area contributed by atoms with Crippen LogP contribution >= 0.6 is 0 Å². The summed E-state index contributed by atoms with van der Waals surface area (Å²) in [6.45, 7) is 4.72. The van der Waals surface area contributed by atoms with E-state index in [0.29, 0.717) is 6.42 Å². The van der Waals surface area contributed by atoms with Gasteiger partial charge in [-0.2, -0.15) is 8.42 Å². The van der Waals surface area contributed by atoms with Crippen molar-refractivity contribution in [1.82, 2.24) is 0 Å². The quantitative estimate of drug-likeness (QED) is 0.0616. The second-order valence-electron chi connectivity index (χ2n) is 10.7. The highest BCUT2D eigenvalue weighted by atomic mass is 32.2. The van der Waals surface area contributed by atoms with Crippen LogP contribution in [-0.2, 0) is 19.6 Å². The highest BCUT2D eigenvalue weighted by Crippen LogP contribution is 2.17. The Morgan fingerprint density at radius 3 is 1.19 bits per heavy atom. The van der Waals surface area contributed by atoms with Crippen LogP contribution in [0.25, 0.3) is 0 Å². The van der Waals surface area contributed by atoms with Gasteiger partial charge in [-0.3, -0.25) is 9.35 Å². The number of carbonyl (C=O) groups excluding carboxylic acids is 1. The van der Waals surface area contributed by atoms with E-state index in [1.54, 1.807) is 0 Å². The molecule has 0 amide bonds. The Morgan fingerprint density at radius 1 is 0.556 bits per heavy atom. The van der Waals surface area contributed by atoms with Gasteiger partial charge in [0.1, 0.15) is 0 Å². The van der Waals surface area contributed by atoms with Crippen molar-refractivity contribution in [2.24, 2.45) is 0 Å². The van der Waals surface area contributed by atoms with Crippen LogP contribution in [0.1, 0.15) is 174 Å². The largest absolute Gasteiger partial charge is 0.465 e. The maximum absolute atomic E-state index is 12.3. The third-order valence-corrected chi connectivity index (χ3v) is 8.33. The van der Waals surface area contributed by atoms with Crippen LogP contribution in [0.15, 0.2) is 0 Å². The molecule has 0 fully saturated rings. The van der Waals surface area contributed by atoms with Gasteiger partial charge in [-0.25, -0.2) is 0 Å². The lowest BCUT2D eigenvalue weighted by Crippen LogP contribution is -2.32. The van der Waals surface area contributed by atoms with Crippen LogP contribution in [0.5, 0.6) is 0 Å². The molecule has 0 aliphatic carbocycles. The fourth-order valence-electron chi connectivity index (χ4n) is 4.77. The van der Waals surface area contributed by atoms with E-state index in [0.717, 1.165) is 38.5 Å². The van der Waals surface area contributed by atoms with Gasteiger partial charge in [-0.05, 0) is 12.8 Å². The smallest absolute Gasteiger partial charge is 0.326 e. The highest BCUT2D eigenvalue weighted by molar-refractivity contribution is 7.87. The van der Waals surface area contributed by atoms with E-state index >= 15 is 0 Å². The molecular weight excluding hydrogens is 472 g/mol. The molecule has 0 aromatic heterocycles. The molecule has 0 saturated heterocycles. The minimum atomic E-state index is -4.42. The van der Waals surface area contributed by atoms with Crippen molar-refractivity contribution in [3.8, 4) is 0 Å². The molecule has 0 radical (unpaired) electrons. The van der Waals surface area contributed by atoms with Gasteiger partial charge in [0.15, 0.2) is 5.25 Å². The minimum absolute atomic E-state index is 0.146. The lowest BCUT2D eigenvalue weighted by Gasteiger charge is -2.13. The second-order valence-corrected chi connectivity index (χ2v) is 12.3. The number of rotatable bonds is 28. The standard InChI is InChI=1S/C30H60O5S/c1-3-5-7-9-11-13-15-17-19-21-23-25-27-29(36(32,33)34)30(31)35-28-26-24-22-20-18-16-14-12-10-8-6-4-2/h29H,3-28H2,1-2H3,(H,32,33,34). The van der Waals surface area contributed by atoms with Crippen LogP contribution in [0.3, 0.4) is 0 Å². The molecule has 36 heavy (non-hydrogen) atoms. The molecule has 5 nitrogen and oxygen atoms in total. The van der Waals surface area contributed by atoms with E-state index in [4.69, 9.17) is 4.74 Å². The Balaban J connectivity index is 3.73. The summed E-state index contributed by atoms with van der Waals surface area (Å²) in [5.74, 6) is -0.788. The maximum Gasteiger partial charge on any atom is 0.326 e. The number of ether oxygens (including phenoxy) is 1. The van der Waals surface area contributed by atoms with Crippen molar-refractivity contribution in [2.75, 3.05) is 6.61 Å². The van der Waals surface area contributed by atoms with Crippen LogP contribution in [0, 0.1) is 0 Å². The van der Waals surface area contributed by atoms with Gasteiger partial charge in [0.2, 0.25) is 0 Å². The van der Waals surface area contributed by atoms with Crippen molar-refractivity contribution in [1.29, 1.82) is 0 Å². The van der Waals surface area contributed by atoms with E-state index < -0.39 is 21.3 Å². The zero-order valence-corrected chi connectivity index (χ0v) is 24.8. The fraction of sp³-hybridized carbons (Fsp3) is 0.967. The van der Waals surface area contributed by atoms with Crippen LogP contribution < -0.4 is 0 Å². The van der Waals surface area contributed by atoms with Gasteiger partial charge < -0.3 is 4.74 Å². The van der Waals surface area contributed by atoms with Gasteiger partial charge in [0.25, 0.3) is 10.1 Å². The summed E-state index contributed by atoms with van der Waals surface area (Å²) in [5.41, 5.74) is 0. The Labute approximate surface area is 224 Å². The summed E-state index contributed by atoms with van der Waals surface area (Å²) in [7, 11) is -4.42. The molecule has 1 N–H and O–H groups in total. The molecule has 0 rings (SSSR count). The summed E-state index contributed by atoms with van der Waals surface area (Å²) in [4.78, 5) is 12.3. The number of hydrogen-bond acceptors (Lipinski definition) is 4. The first-order valence-corrected chi connectivity index (χ1v) is 17.1. The van der Waals surface area contributed by atoms with Gasteiger partial charge in [0.05, 0.1) is 6.61 Å². The first kappa shape index (κ1) is 35.4. The van der Waals surface area contributed by atoms with E-state index in [9.17, 15) is 17.8 Å². The third kappa shape index (κ3) is 23.8. The number of unbranched alkanes of at least 4 members (excludes halogenated alkanes) is 22. The van der Waals surface area contributed by atoms with Crippen molar-refractivity contribution < 1.29 is 22.5 Å².